The minimum atomic E-state index is -0.374. The third-order valence-corrected chi connectivity index (χ3v) is 2.04. The molecule has 0 bridgehead atoms. The van der Waals surface area contributed by atoms with Gasteiger partial charge in [0, 0.05) is 19.2 Å². The van der Waals surface area contributed by atoms with Crippen LogP contribution in [0.25, 0.3) is 0 Å². The molecule has 0 aromatic heterocycles. The number of nitrogens with zero attached hydrogens (tertiary/aromatic N) is 1. The minimum Gasteiger partial charge on any atom is -0.378 e. The summed E-state index contributed by atoms with van der Waals surface area (Å²) >= 11 is 0. The molecule has 1 aromatic rings. The topological polar surface area (TPSA) is 67.2 Å². The summed E-state index contributed by atoms with van der Waals surface area (Å²) in [6.45, 7) is 3.35. The van der Waals surface area contributed by atoms with Gasteiger partial charge in [0.1, 0.15) is 5.69 Å². The molecule has 82 valence electrons. The molecule has 0 amide bonds. The van der Waals surface area contributed by atoms with Crippen LogP contribution < -0.4 is 10.6 Å². The van der Waals surface area contributed by atoms with E-state index in [4.69, 9.17) is 0 Å². The molecule has 0 fully saturated rings. The number of likely N-dealkylation sites (N-methyl/N-ethyl adjacent to an activating group) is 1. The van der Waals surface area contributed by atoms with Crippen LogP contribution in [0, 0.1) is 17.0 Å². The number of nitro groups is 1. The Morgan fingerprint density at radius 2 is 2.13 bits per heavy atom. The molecule has 0 saturated heterocycles. The summed E-state index contributed by atoms with van der Waals surface area (Å²) in [6.07, 6.45) is 0. The van der Waals surface area contributed by atoms with Crippen molar-refractivity contribution in [3.05, 3.63) is 33.9 Å². The van der Waals surface area contributed by atoms with Gasteiger partial charge in [-0.25, -0.2) is 0 Å². The van der Waals surface area contributed by atoms with E-state index in [-0.39, 0.29) is 10.6 Å². The SMILES string of the molecule is CNCCNc1cc(C)ccc1[N+](=O)[O-]. The van der Waals surface area contributed by atoms with E-state index in [1.54, 1.807) is 12.1 Å². The lowest BCUT2D eigenvalue weighted by molar-refractivity contribution is -0.384. The van der Waals surface area contributed by atoms with Crippen molar-refractivity contribution < 1.29 is 4.92 Å². The minimum absolute atomic E-state index is 0.122. The van der Waals surface area contributed by atoms with Gasteiger partial charge in [0.05, 0.1) is 4.92 Å². The third-order valence-electron chi connectivity index (χ3n) is 2.04. The molecule has 0 aliphatic heterocycles. The molecule has 5 heteroatoms. The average molecular weight is 209 g/mol. The van der Waals surface area contributed by atoms with E-state index >= 15 is 0 Å². The van der Waals surface area contributed by atoms with Gasteiger partial charge in [0.25, 0.3) is 5.69 Å². The van der Waals surface area contributed by atoms with Gasteiger partial charge in [0.15, 0.2) is 0 Å². The number of anilines is 1. The van der Waals surface area contributed by atoms with Gasteiger partial charge in [-0.05, 0) is 25.6 Å². The van der Waals surface area contributed by atoms with Crippen LogP contribution in [-0.4, -0.2) is 25.1 Å². The number of rotatable bonds is 5. The van der Waals surface area contributed by atoms with E-state index in [0.717, 1.165) is 12.1 Å². The smallest absolute Gasteiger partial charge is 0.292 e. The first-order valence-electron chi connectivity index (χ1n) is 4.78. The summed E-state index contributed by atoms with van der Waals surface area (Å²) in [5.74, 6) is 0. The summed E-state index contributed by atoms with van der Waals surface area (Å²) in [6, 6.07) is 5.05. The predicted molar refractivity (Wildman–Crippen MR) is 60.2 cm³/mol. The Bertz CT molecular complexity index is 353. The van der Waals surface area contributed by atoms with Gasteiger partial charge < -0.3 is 10.6 Å². The first kappa shape index (κ1) is 11.5. The van der Waals surface area contributed by atoms with E-state index in [9.17, 15) is 10.1 Å². The van der Waals surface area contributed by atoms with Crippen molar-refractivity contribution >= 4 is 11.4 Å². The summed E-state index contributed by atoms with van der Waals surface area (Å²) in [5.41, 5.74) is 1.71. The van der Waals surface area contributed by atoms with Gasteiger partial charge >= 0.3 is 0 Å². The fourth-order valence-corrected chi connectivity index (χ4v) is 1.27. The lowest BCUT2D eigenvalue weighted by Crippen LogP contribution is -2.18. The van der Waals surface area contributed by atoms with Crippen LogP contribution in [0.5, 0.6) is 0 Å². The maximum absolute atomic E-state index is 10.7. The number of benzene rings is 1. The number of nitrogens with one attached hydrogen (secondary N) is 2. The van der Waals surface area contributed by atoms with Gasteiger partial charge in [-0.1, -0.05) is 6.07 Å². The number of hydrogen-bond donors (Lipinski definition) is 2. The van der Waals surface area contributed by atoms with Crippen LogP contribution >= 0.6 is 0 Å². The van der Waals surface area contributed by atoms with Crippen LogP contribution in [0.3, 0.4) is 0 Å². The molecule has 0 saturated carbocycles. The molecule has 0 aliphatic rings. The summed E-state index contributed by atoms with van der Waals surface area (Å²) in [4.78, 5) is 10.3. The Labute approximate surface area is 88.6 Å². The standard InChI is InChI=1S/C10H15N3O2/c1-8-3-4-10(13(14)15)9(7-8)12-6-5-11-2/h3-4,7,11-12H,5-6H2,1-2H3. The lowest BCUT2D eigenvalue weighted by atomic mass is 10.2. The molecular formula is C10H15N3O2. The van der Waals surface area contributed by atoms with Crippen LogP contribution in [-0.2, 0) is 0 Å². The Balaban J connectivity index is 2.82. The fraction of sp³-hybridized carbons (Fsp3) is 0.400. The van der Waals surface area contributed by atoms with Gasteiger partial charge in [-0.2, -0.15) is 0 Å². The number of nitro benzene ring substituents is 1. The van der Waals surface area contributed by atoms with E-state index in [0.29, 0.717) is 12.2 Å². The van der Waals surface area contributed by atoms with Gasteiger partial charge in [-0.15, -0.1) is 0 Å². The molecule has 15 heavy (non-hydrogen) atoms. The normalized spacial score (nSPS) is 10.0. The fourth-order valence-electron chi connectivity index (χ4n) is 1.27. The average Bonchev–Trinajstić information content (AvgIpc) is 2.18. The van der Waals surface area contributed by atoms with Crippen molar-refractivity contribution in [1.29, 1.82) is 0 Å². The molecule has 0 spiro atoms. The van der Waals surface area contributed by atoms with E-state index in [2.05, 4.69) is 10.6 Å². The second kappa shape index (κ2) is 5.31. The third kappa shape index (κ3) is 3.21. The highest BCUT2D eigenvalue weighted by molar-refractivity contribution is 5.62. The largest absolute Gasteiger partial charge is 0.378 e. The quantitative estimate of drug-likeness (QED) is 0.438. The van der Waals surface area contributed by atoms with E-state index in [1.165, 1.54) is 6.07 Å². The zero-order valence-corrected chi connectivity index (χ0v) is 8.91. The molecule has 1 aromatic carbocycles. The summed E-state index contributed by atoms with van der Waals surface area (Å²) in [5, 5.41) is 16.7. The highest BCUT2D eigenvalue weighted by Gasteiger charge is 2.12. The summed E-state index contributed by atoms with van der Waals surface area (Å²) in [7, 11) is 1.84. The number of aryl methyl sites for hydroxylation is 1. The zero-order chi connectivity index (χ0) is 11.3. The van der Waals surface area contributed by atoms with E-state index in [1.807, 2.05) is 14.0 Å². The molecule has 5 nitrogen and oxygen atoms in total. The Hall–Kier alpha value is -1.62. The summed E-state index contributed by atoms with van der Waals surface area (Å²) < 4.78 is 0. The first-order chi connectivity index (χ1) is 7.15. The highest BCUT2D eigenvalue weighted by Crippen LogP contribution is 2.24. The van der Waals surface area contributed by atoms with Gasteiger partial charge in [0.2, 0.25) is 0 Å². The highest BCUT2D eigenvalue weighted by atomic mass is 16.6. The molecule has 0 aliphatic carbocycles. The molecule has 0 heterocycles. The van der Waals surface area contributed by atoms with E-state index < -0.39 is 0 Å². The first-order valence-corrected chi connectivity index (χ1v) is 4.78. The Morgan fingerprint density at radius 3 is 2.73 bits per heavy atom. The predicted octanol–water partition coefficient (Wildman–Crippen LogP) is 1.53. The van der Waals surface area contributed by atoms with Crippen molar-refractivity contribution in [2.75, 3.05) is 25.5 Å². The van der Waals surface area contributed by atoms with Crippen LogP contribution in [0.2, 0.25) is 0 Å². The van der Waals surface area contributed by atoms with Crippen LogP contribution in [0.4, 0.5) is 11.4 Å². The van der Waals surface area contributed by atoms with Crippen LogP contribution in [0.1, 0.15) is 5.56 Å². The second-order valence-corrected chi connectivity index (χ2v) is 3.31. The maximum atomic E-state index is 10.7. The molecule has 0 radical (unpaired) electrons. The number of hydrogen-bond acceptors (Lipinski definition) is 4. The lowest BCUT2D eigenvalue weighted by Gasteiger charge is -2.07. The Morgan fingerprint density at radius 1 is 1.40 bits per heavy atom. The van der Waals surface area contributed by atoms with Crippen molar-refractivity contribution in [2.24, 2.45) is 0 Å². The second-order valence-electron chi connectivity index (χ2n) is 3.31. The van der Waals surface area contributed by atoms with Crippen LogP contribution in [0.15, 0.2) is 18.2 Å². The van der Waals surface area contributed by atoms with Crippen molar-refractivity contribution in [1.82, 2.24) is 5.32 Å². The van der Waals surface area contributed by atoms with Crippen molar-refractivity contribution in [3.8, 4) is 0 Å². The van der Waals surface area contributed by atoms with Crippen molar-refractivity contribution in [3.63, 3.8) is 0 Å². The zero-order valence-electron chi connectivity index (χ0n) is 8.91. The Kier molecular flexibility index (Phi) is 4.05. The molecule has 0 atom stereocenters. The molecule has 2 N–H and O–H groups in total. The molecule has 0 unspecified atom stereocenters. The van der Waals surface area contributed by atoms with Crippen molar-refractivity contribution in [2.45, 2.75) is 6.92 Å². The monoisotopic (exact) mass is 209 g/mol. The van der Waals surface area contributed by atoms with Gasteiger partial charge in [-0.3, -0.25) is 10.1 Å². The molecule has 1 rings (SSSR count). The maximum Gasteiger partial charge on any atom is 0.292 e. The molecular weight excluding hydrogens is 194 g/mol.